The van der Waals surface area contributed by atoms with Crippen LogP contribution in [0.3, 0.4) is 0 Å². The zero-order valence-electron chi connectivity index (χ0n) is 15.6. The van der Waals surface area contributed by atoms with E-state index in [0.29, 0.717) is 10.2 Å². The number of aromatic hydroxyl groups is 1. The second-order valence-corrected chi connectivity index (χ2v) is 7.61. The van der Waals surface area contributed by atoms with Crippen molar-refractivity contribution < 1.29 is 18.7 Å². The molecule has 1 amide bonds. The van der Waals surface area contributed by atoms with Gasteiger partial charge in [0.25, 0.3) is 11.5 Å². The molecule has 2 N–H and O–H groups in total. The molecule has 8 heteroatoms. The maximum atomic E-state index is 13.4. The van der Waals surface area contributed by atoms with E-state index in [1.807, 2.05) is 30.3 Å². The molecule has 0 saturated carbocycles. The van der Waals surface area contributed by atoms with Crippen LogP contribution in [0.1, 0.15) is 21.5 Å². The number of thiophene rings is 1. The van der Waals surface area contributed by atoms with Gasteiger partial charge in [-0.25, -0.2) is 8.78 Å². The van der Waals surface area contributed by atoms with Crippen molar-refractivity contribution in [3.05, 3.63) is 98.7 Å². The molecule has 0 atom stereocenters. The summed E-state index contributed by atoms with van der Waals surface area (Å²) < 4.78 is 28.6. The molecule has 0 bridgehead atoms. The van der Waals surface area contributed by atoms with Crippen molar-refractivity contribution in [2.75, 3.05) is 0 Å². The molecule has 2 aromatic carbocycles. The van der Waals surface area contributed by atoms with Gasteiger partial charge < -0.3 is 15.0 Å². The number of fused-ring (bicyclic) bond motifs is 1. The number of halogens is 2. The van der Waals surface area contributed by atoms with Crippen LogP contribution in [0.2, 0.25) is 0 Å². The van der Waals surface area contributed by atoms with Gasteiger partial charge in [-0.1, -0.05) is 30.3 Å². The van der Waals surface area contributed by atoms with Crippen molar-refractivity contribution in [2.24, 2.45) is 0 Å². The highest BCUT2D eigenvalue weighted by molar-refractivity contribution is 7.17. The number of hydrogen-bond acceptors (Lipinski definition) is 4. The Morgan fingerprint density at radius 2 is 1.73 bits per heavy atom. The van der Waals surface area contributed by atoms with E-state index in [0.717, 1.165) is 23.8 Å². The first-order valence-electron chi connectivity index (χ1n) is 9.04. The molecule has 5 nitrogen and oxygen atoms in total. The molecule has 0 aliphatic carbocycles. The topological polar surface area (TPSA) is 71.3 Å². The van der Waals surface area contributed by atoms with Gasteiger partial charge >= 0.3 is 0 Å². The molecule has 4 rings (SSSR count). The van der Waals surface area contributed by atoms with Crippen molar-refractivity contribution in [2.45, 2.75) is 13.1 Å². The molecule has 30 heavy (non-hydrogen) atoms. The van der Waals surface area contributed by atoms with Gasteiger partial charge in [0.05, 0.1) is 16.8 Å². The Morgan fingerprint density at radius 3 is 2.43 bits per heavy atom. The largest absolute Gasteiger partial charge is 0.505 e. The number of amides is 1. The summed E-state index contributed by atoms with van der Waals surface area (Å²) in [5.74, 6) is -2.77. The minimum absolute atomic E-state index is 0.196. The van der Waals surface area contributed by atoms with Gasteiger partial charge in [0.2, 0.25) is 0 Å². The Labute approximate surface area is 173 Å². The third kappa shape index (κ3) is 3.81. The quantitative estimate of drug-likeness (QED) is 0.506. The lowest BCUT2D eigenvalue weighted by molar-refractivity contribution is 0.0946. The summed E-state index contributed by atoms with van der Waals surface area (Å²) in [5.41, 5.74) is 0.527. The molecule has 0 spiro atoms. The highest BCUT2D eigenvalue weighted by Gasteiger charge is 2.23. The molecule has 152 valence electrons. The van der Waals surface area contributed by atoms with Crippen LogP contribution in [0.25, 0.3) is 10.2 Å². The number of pyridine rings is 1. The fourth-order valence-corrected chi connectivity index (χ4v) is 4.11. The normalized spacial score (nSPS) is 11.0. The van der Waals surface area contributed by atoms with Gasteiger partial charge in [0, 0.05) is 12.6 Å². The monoisotopic (exact) mass is 426 g/mol. The third-order valence-electron chi connectivity index (χ3n) is 4.63. The molecule has 2 aromatic heterocycles. The lowest BCUT2D eigenvalue weighted by Crippen LogP contribution is -2.33. The van der Waals surface area contributed by atoms with Crippen molar-refractivity contribution >= 4 is 27.5 Å². The Hall–Kier alpha value is -3.52. The van der Waals surface area contributed by atoms with E-state index in [4.69, 9.17) is 0 Å². The predicted octanol–water partition coefficient (Wildman–Crippen LogP) is 4.03. The molecule has 0 saturated heterocycles. The summed E-state index contributed by atoms with van der Waals surface area (Å²) in [4.78, 5) is 25.8. The summed E-state index contributed by atoms with van der Waals surface area (Å²) >= 11 is 1.21. The summed E-state index contributed by atoms with van der Waals surface area (Å²) in [7, 11) is 0. The number of nitrogens with zero attached hydrogens (tertiary/aromatic N) is 1. The average Bonchev–Trinajstić information content (AvgIpc) is 3.20. The zero-order chi connectivity index (χ0) is 21.3. The van der Waals surface area contributed by atoms with Gasteiger partial charge in [-0.3, -0.25) is 9.59 Å². The number of benzene rings is 2. The van der Waals surface area contributed by atoms with Crippen molar-refractivity contribution in [1.29, 1.82) is 0 Å². The maximum Gasteiger partial charge on any atom is 0.268 e. The lowest BCUT2D eigenvalue weighted by atomic mass is 10.1. The van der Waals surface area contributed by atoms with Crippen LogP contribution < -0.4 is 10.9 Å². The standard InChI is InChI=1S/C22H16F2N2O3S/c23-15-8-14(9-16(24)10-15)11-25-21(28)18-19(27)20-17(6-7-30-20)26(22(18)29)12-13-4-2-1-3-5-13/h1-10,27H,11-12H2,(H,25,28). The third-order valence-corrected chi connectivity index (χ3v) is 5.54. The van der Waals surface area contributed by atoms with Crippen molar-refractivity contribution in [3.8, 4) is 5.75 Å². The van der Waals surface area contributed by atoms with E-state index in [-0.39, 0.29) is 18.7 Å². The fraction of sp³-hybridized carbons (Fsp3) is 0.0909. The number of carbonyl (C=O) groups is 1. The summed E-state index contributed by atoms with van der Waals surface area (Å²) in [6, 6.07) is 13.9. The second kappa shape index (κ2) is 8.08. The number of carbonyl (C=O) groups excluding carboxylic acids is 1. The second-order valence-electron chi connectivity index (χ2n) is 6.70. The average molecular weight is 426 g/mol. The van der Waals surface area contributed by atoms with Gasteiger partial charge in [0.1, 0.15) is 17.2 Å². The Balaban J connectivity index is 1.71. The van der Waals surface area contributed by atoms with Crippen molar-refractivity contribution in [1.82, 2.24) is 9.88 Å². The minimum Gasteiger partial charge on any atom is -0.505 e. The van der Waals surface area contributed by atoms with Gasteiger partial charge in [-0.05, 0) is 34.7 Å². The van der Waals surface area contributed by atoms with Crippen molar-refractivity contribution in [3.63, 3.8) is 0 Å². The summed E-state index contributed by atoms with van der Waals surface area (Å²) in [6.07, 6.45) is 0. The number of rotatable bonds is 5. The van der Waals surface area contributed by atoms with Crippen LogP contribution in [-0.2, 0) is 13.1 Å². The number of hydrogen-bond donors (Lipinski definition) is 2. The van der Waals surface area contributed by atoms with Crippen LogP contribution in [0.5, 0.6) is 5.75 Å². The Morgan fingerprint density at radius 1 is 1.03 bits per heavy atom. The maximum absolute atomic E-state index is 13.4. The highest BCUT2D eigenvalue weighted by atomic mass is 32.1. The number of nitrogens with one attached hydrogen (secondary N) is 1. The first kappa shape index (κ1) is 19.8. The van der Waals surface area contributed by atoms with Gasteiger partial charge in [-0.2, -0.15) is 0 Å². The van der Waals surface area contributed by atoms with Crippen LogP contribution in [-0.4, -0.2) is 15.6 Å². The first-order valence-corrected chi connectivity index (χ1v) is 9.92. The van der Waals surface area contributed by atoms with Crippen LogP contribution in [0.15, 0.2) is 64.8 Å². The summed E-state index contributed by atoms with van der Waals surface area (Å²) in [5, 5.41) is 14.8. The predicted molar refractivity (Wildman–Crippen MR) is 111 cm³/mol. The Kier molecular flexibility index (Phi) is 5.33. The highest BCUT2D eigenvalue weighted by Crippen LogP contribution is 2.31. The van der Waals surface area contributed by atoms with Crippen LogP contribution in [0.4, 0.5) is 8.78 Å². The molecule has 2 heterocycles. The molecular weight excluding hydrogens is 410 g/mol. The van der Waals surface area contributed by atoms with Crippen LogP contribution >= 0.6 is 11.3 Å². The van der Waals surface area contributed by atoms with E-state index < -0.39 is 34.4 Å². The lowest BCUT2D eigenvalue weighted by Gasteiger charge is -2.13. The first-order chi connectivity index (χ1) is 14.4. The molecule has 0 aliphatic rings. The zero-order valence-corrected chi connectivity index (χ0v) is 16.4. The van der Waals surface area contributed by atoms with Gasteiger partial charge in [-0.15, -0.1) is 11.3 Å². The smallest absolute Gasteiger partial charge is 0.268 e. The van der Waals surface area contributed by atoms with Crippen LogP contribution in [0, 0.1) is 11.6 Å². The molecule has 0 fully saturated rings. The van der Waals surface area contributed by atoms with E-state index in [1.54, 1.807) is 11.4 Å². The SMILES string of the molecule is O=C(NCc1cc(F)cc(F)c1)c1c(O)c2sccc2n(Cc2ccccc2)c1=O. The molecule has 0 unspecified atom stereocenters. The van der Waals surface area contributed by atoms with E-state index in [2.05, 4.69) is 5.32 Å². The Bertz CT molecular complexity index is 1280. The van der Waals surface area contributed by atoms with Gasteiger partial charge in [0.15, 0.2) is 5.75 Å². The van der Waals surface area contributed by atoms with E-state index in [9.17, 15) is 23.5 Å². The molecule has 4 aromatic rings. The van der Waals surface area contributed by atoms with E-state index >= 15 is 0 Å². The fourth-order valence-electron chi connectivity index (χ4n) is 3.26. The number of aromatic nitrogens is 1. The molecule has 0 radical (unpaired) electrons. The molecular formula is C22H16F2N2O3S. The molecule has 0 aliphatic heterocycles. The summed E-state index contributed by atoms with van der Waals surface area (Å²) in [6.45, 7) is 0.0239. The van der Waals surface area contributed by atoms with E-state index in [1.165, 1.54) is 15.9 Å². The minimum atomic E-state index is -0.820.